The van der Waals surface area contributed by atoms with Crippen molar-refractivity contribution in [2.24, 2.45) is 0 Å². The molecule has 1 aliphatic carbocycles. The molecule has 1 aliphatic heterocycles. The van der Waals surface area contributed by atoms with Crippen molar-refractivity contribution in [3.05, 3.63) is 71.0 Å². The first-order valence-corrected chi connectivity index (χ1v) is 14.3. The lowest BCUT2D eigenvalue weighted by Crippen LogP contribution is -2.31. The third kappa shape index (κ3) is 6.56. The molecule has 1 amide bonds. The van der Waals surface area contributed by atoms with E-state index in [1.807, 2.05) is 0 Å². The molecule has 0 unspecified atom stereocenters. The number of ether oxygens (including phenoxy) is 1. The summed E-state index contributed by atoms with van der Waals surface area (Å²) in [4.78, 5) is 12.3. The maximum atomic E-state index is 12.3. The molecule has 190 valence electrons. The lowest BCUT2D eigenvalue weighted by atomic mass is 10.1. The number of nitrogens with one attached hydrogen (secondary N) is 1. The second-order valence-corrected chi connectivity index (χ2v) is 10.9. The van der Waals surface area contributed by atoms with Crippen molar-refractivity contribution in [1.82, 2.24) is 20.1 Å². The van der Waals surface area contributed by atoms with E-state index in [9.17, 15) is 4.79 Å². The summed E-state index contributed by atoms with van der Waals surface area (Å²) < 4.78 is 7.82. The average molecular weight is 505 g/mol. The van der Waals surface area contributed by atoms with Gasteiger partial charge in [0, 0.05) is 37.4 Å². The van der Waals surface area contributed by atoms with Gasteiger partial charge in [0.2, 0.25) is 5.91 Å². The zero-order valence-corrected chi connectivity index (χ0v) is 21.9. The van der Waals surface area contributed by atoms with Gasteiger partial charge in [0.1, 0.15) is 5.82 Å². The van der Waals surface area contributed by atoms with Gasteiger partial charge < -0.3 is 10.1 Å². The standard InChI is InChI=1S/C29H36N4O2S/c1-21-8-2-3-9-24(21)20-36-29-32-31-27(33(29)25-11-6-10-23(18-25)22-15-16-22)13-4-5-14-28(34)30-19-26-12-7-17-35-26/h2-3,6,8-11,18,22,26H,4-5,7,12-17,19-20H2,1H3,(H,30,34)/t26-/m1/s1. The molecule has 5 rings (SSSR count). The van der Waals surface area contributed by atoms with Crippen molar-refractivity contribution in [2.75, 3.05) is 13.2 Å². The Morgan fingerprint density at radius 1 is 1.11 bits per heavy atom. The predicted octanol–water partition coefficient (Wildman–Crippen LogP) is 5.75. The SMILES string of the molecule is Cc1ccccc1CSc1nnc(CCCCC(=O)NC[C@H]2CCCO2)n1-c1cccc(C2CC2)c1. The minimum atomic E-state index is 0.110. The van der Waals surface area contributed by atoms with Gasteiger partial charge in [-0.1, -0.05) is 48.2 Å². The highest BCUT2D eigenvalue weighted by Crippen LogP contribution is 2.40. The average Bonchev–Trinajstić information content (AvgIpc) is 3.47. The molecular formula is C29H36N4O2S. The van der Waals surface area contributed by atoms with Gasteiger partial charge in [-0.25, -0.2) is 0 Å². The fourth-order valence-electron chi connectivity index (χ4n) is 4.75. The van der Waals surface area contributed by atoms with Crippen LogP contribution in [0.4, 0.5) is 0 Å². The van der Waals surface area contributed by atoms with E-state index in [0.717, 1.165) is 61.1 Å². The molecule has 2 heterocycles. The number of carbonyl (C=O) groups is 1. The molecule has 2 aliphatic rings. The number of hydrogen-bond donors (Lipinski definition) is 1. The van der Waals surface area contributed by atoms with Crippen LogP contribution in [0.3, 0.4) is 0 Å². The van der Waals surface area contributed by atoms with Gasteiger partial charge in [0.15, 0.2) is 5.16 Å². The minimum absolute atomic E-state index is 0.110. The fraction of sp³-hybridized carbons (Fsp3) is 0.483. The Morgan fingerprint density at radius 2 is 2.00 bits per heavy atom. The summed E-state index contributed by atoms with van der Waals surface area (Å²) in [6.07, 6.45) is 7.95. The molecule has 7 heteroatoms. The van der Waals surface area contributed by atoms with Crippen LogP contribution in [0.25, 0.3) is 5.69 Å². The summed E-state index contributed by atoms with van der Waals surface area (Å²) in [7, 11) is 0. The number of carbonyl (C=O) groups excluding carboxylic acids is 1. The fourth-order valence-corrected chi connectivity index (χ4v) is 5.80. The number of amides is 1. The van der Waals surface area contributed by atoms with Gasteiger partial charge in [-0.2, -0.15) is 0 Å². The molecule has 36 heavy (non-hydrogen) atoms. The van der Waals surface area contributed by atoms with Crippen molar-refractivity contribution in [2.45, 2.75) is 81.2 Å². The molecule has 1 saturated carbocycles. The van der Waals surface area contributed by atoms with E-state index in [2.05, 4.69) is 75.5 Å². The van der Waals surface area contributed by atoms with E-state index in [1.165, 1.54) is 29.5 Å². The van der Waals surface area contributed by atoms with Crippen molar-refractivity contribution in [1.29, 1.82) is 0 Å². The summed E-state index contributed by atoms with van der Waals surface area (Å²) in [6, 6.07) is 17.4. The highest BCUT2D eigenvalue weighted by Gasteiger charge is 2.24. The van der Waals surface area contributed by atoms with Crippen LogP contribution in [0.15, 0.2) is 53.7 Å². The first-order valence-electron chi connectivity index (χ1n) is 13.3. The maximum absolute atomic E-state index is 12.3. The first kappa shape index (κ1) is 25.0. The number of rotatable bonds is 12. The summed E-state index contributed by atoms with van der Waals surface area (Å²) >= 11 is 1.74. The Labute approximate surface area is 218 Å². The Morgan fingerprint density at radius 3 is 2.81 bits per heavy atom. The lowest BCUT2D eigenvalue weighted by molar-refractivity contribution is -0.121. The molecule has 0 spiro atoms. The maximum Gasteiger partial charge on any atom is 0.220 e. The number of thioether (sulfide) groups is 1. The van der Waals surface area contributed by atoms with Gasteiger partial charge >= 0.3 is 0 Å². The zero-order chi connectivity index (χ0) is 24.7. The van der Waals surface area contributed by atoms with Crippen LogP contribution < -0.4 is 5.32 Å². The highest BCUT2D eigenvalue weighted by molar-refractivity contribution is 7.98. The first-order chi connectivity index (χ1) is 17.7. The largest absolute Gasteiger partial charge is 0.376 e. The molecule has 3 aromatic rings. The van der Waals surface area contributed by atoms with Gasteiger partial charge in [0.25, 0.3) is 0 Å². The number of aromatic nitrogens is 3. The minimum Gasteiger partial charge on any atom is -0.376 e. The van der Waals surface area contributed by atoms with Gasteiger partial charge in [-0.05, 0) is 80.2 Å². The van der Waals surface area contributed by atoms with Crippen molar-refractivity contribution >= 4 is 17.7 Å². The van der Waals surface area contributed by atoms with Crippen LogP contribution in [0.1, 0.15) is 73.4 Å². The molecule has 1 aromatic heterocycles. The summed E-state index contributed by atoms with van der Waals surface area (Å²) in [5.41, 5.74) is 5.16. The monoisotopic (exact) mass is 504 g/mol. The highest BCUT2D eigenvalue weighted by atomic mass is 32.2. The molecular weight excluding hydrogens is 468 g/mol. The van der Waals surface area contributed by atoms with Crippen LogP contribution in [0.5, 0.6) is 0 Å². The summed E-state index contributed by atoms with van der Waals surface area (Å²) in [5, 5.41) is 13.1. The van der Waals surface area contributed by atoms with Crippen LogP contribution >= 0.6 is 11.8 Å². The Bertz CT molecular complexity index is 1170. The number of benzene rings is 2. The number of nitrogens with zero attached hydrogens (tertiary/aromatic N) is 3. The molecule has 0 radical (unpaired) electrons. The van der Waals surface area contributed by atoms with Crippen LogP contribution in [-0.2, 0) is 21.7 Å². The quantitative estimate of drug-likeness (QED) is 0.251. The van der Waals surface area contributed by atoms with Crippen molar-refractivity contribution in [3.8, 4) is 5.69 Å². The Hall–Kier alpha value is -2.64. The number of unbranched alkanes of at least 4 members (excludes halogenated alkanes) is 1. The van der Waals surface area contributed by atoms with Gasteiger partial charge in [0.05, 0.1) is 6.10 Å². The molecule has 1 saturated heterocycles. The number of aryl methyl sites for hydroxylation is 2. The molecule has 6 nitrogen and oxygen atoms in total. The third-order valence-electron chi connectivity index (χ3n) is 7.10. The Balaban J connectivity index is 1.23. The van der Waals surface area contributed by atoms with E-state index in [1.54, 1.807) is 11.8 Å². The molecule has 2 fully saturated rings. The van der Waals surface area contributed by atoms with Crippen molar-refractivity contribution in [3.63, 3.8) is 0 Å². The van der Waals surface area contributed by atoms with E-state index in [4.69, 9.17) is 4.74 Å². The molecule has 0 bridgehead atoms. The van der Waals surface area contributed by atoms with E-state index >= 15 is 0 Å². The normalized spacial score (nSPS) is 17.4. The topological polar surface area (TPSA) is 69.0 Å². The van der Waals surface area contributed by atoms with E-state index in [0.29, 0.717) is 18.9 Å². The van der Waals surface area contributed by atoms with Gasteiger partial charge in [-0.15, -0.1) is 10.2 Å². The molecule has 2 aromatic carbocycles. The second-order valence-electron chi connectivity index (χ2n) is 9.96. The number of hydrogen-bond acceptors (Lipinski definition) is 5. The zero-order valence-electron chi connectivity index (χ0n) is 21.1. The van der Waals surface area contributed by atoms with Gasteiger partial charge in [-0.3, -0.25) is 9.36 Å². The van der Waals surface area contributed by atoms with Crippen LogP contribution in [0.2, 0.25) is 0 Å². The smallest absolute Gasteiger partial charge is 0.220 e. The van der Waals surface area contributed by atoms with Crippen LogP contribution in [0, 0.1) is 6.92 Å². The van der Waals surface area contributed by atoms with Crippen molar-refractivity contribution < 1.29 is 9.53 Å². The lowest BCUT2D eigenvalue weighted by Gasteiger charge is -2.13. The van der Waals surface area contributed by atoms with Crippen LogP contribution in [-0.4, -0.2) is 39.9 Å². The Kier molecular flexibility index (Phi) is 8.39. The second kappa shape index (κ2) is 12.1. The summed E-state index contributed by atoms with van der Waals surface area (Å²) in [5.74, 6) is 2.63. The molecule has 1 N–H and O–H groups in total. The summed E-state index contributed by atoms with van der Waals surface area (Å²) in [6.45, 7) is 3.60. The predicted molar refractivity (Wildman–Crippen MR) is 144 cm³/mol. The van der Waals surface area contributed by atoms with E-state index < -0.39 is 0 Å². The van der Waals surface area contributed by atoms with E-state index in [-0.39, 0.29) is 12.0 Å². The third-order valence-corrected chi connectivity index (χ3v) is 8.08. The molecule has 1 atom stereocenters.